The van der Waals surface area contributed by atoms with E-state index in [1.807, 2.05) is 78.7 Å². The molecule has 4 heteroatoms. The third-order valence-corrected chi connectivity index (χ3v) is 4.90. The molecule has 0 bridgehead atoms. The second-order valence-corrected chi connectivity index (χ2v) is 6.60. The van der Waals surface area contributed by atoms with E-state index in [0.717, 1.165) is 11.1 Å². The van der Waals surface area contributed by atoms with Crippen molar-refractivity contribution in [1.29, 1.82) is 0 Å². The standard InChI is InChI=1S/C23H20N2O2/c1-17-22(26)25(23(27)20-15-9-4-10-16-20)24(17)21(18-11-5-2-6-12-18)19-13-7-3-8-14-19/h2-17,21H,1H3. The van der Waals surface area contributed by atoms with Crippen molar-refractivity contribution in [3.63, 3.8) is 0 Å². The van der Waals surface area contributed by atoms with Gasteiger partial charge in [-0.2, -0.15) is 5.01 Å². The lowest BCUT2D eigenvalue weighted by atomic mass is 9.95. The molecule has 1 heterocycles. The van der Waals surface area contributed by atoms with E-state index in [-0.39, 0.29) is 23.9 Å². The molecule has 4 nitrogen and oxygen atoms in total. The molecule has 0 aliphatic carbocycles. The van der Waals surface area contributed by atoms with Gasteiger partial charge in [-0.15, -0.1) is 0 Å². The lowest BCUT2D eigenvalue weighted by Gasteiger charge is -2.51. The first-order chi connectivity index (χ1) is 13.2. The number of carbonyl (C=O) groups is 2. The summed E-state index contributed by atoms with van der Waals surface area (Å²) < 4.78 is 0. The number of hydrazine groups is 1. The minimum absolute atomic E-state index is 0.180. The Balaban J connectivity index is 1.76. The van der Waals surface area contributed by atoms with Crippen LogP contribution in [0.3, 0.4) is 0 Å². The molecule has 1 aliphatic rings. The van der Waals surface area contributed by atoms with E-state index < -0.39 is 0 Å². The predicted molar refractivity (Wildman–Crippen MR) is 104 cm³/mol. The second-order valence-electron chi connectivity index (χ2n) is 6.60. The zero-order valence-electron chi connectivity index (χ0n) is 15.0. The third-order valence-electron chi connectivity index (χ3n) is 4.90. The van der Waals surface area contributed by atoms with Gasteiger partial charge in [-0.1, -0.05) is 78.9 Å². The average Bonchev–Trinajstić information content (AvgIpc) is 2.75. The summed E-state index contributed by atoms with van der Waals surface area (Å²) in [6.45, 7) is 1.84. The second kappa shape index (κ2) is 7.17. The van der Waals surface area contributed by atoms with E-state index in [0.29, 0.717) is 5.56 Å². The monoisotopic (exact) mass is 356 g/mol. The van der Waals surface area contributed by atoms with Crippen molar-refractivity contribution in [2.24, 2.45) is 0 Å². The first-order valence-corrected chi connectivity index (χ1v) is 9.00. The third kappa shape index (κ3) is 3.04. The minimum atomic E-state index is -0.372. The van der Waals surface area contributed by atoms with E-state index in [2.05, 4.69) is 0 Å². The quantitative estimate of drug-likeness (QED) is 0.662. The molecule has 1 unspecified atom stereocenters. The van der Waals surface area contributed by atoms with Gasteiger partial charge in [0.15, 0.2) is 0 Å². The van der Waals surface area contributed by atoms with Crippen LogP contribution in [0.1, 0.15) is 34.5 Å². The molecule has 0 N–H and O–H groups in total. The summed E-state index contributed by atoms with van der Waals surface area (Å²) in [5, 5.41) is 3.16. The number of benzene rings is 3. The molecule has 3 aromatic rings. The molecule has 2 amide bonds. The summed E-state index contributed by atoms with van der Waals surface area (Å²) in [7, 11) is 0. The highest BCUT2D eigenvalue weighted by Gasteiger charge is 2.50. The molecule has 1 aliphatic heterocycles. The van der Waals surface area contributed by atoms with Crippen LogP contribution in [0, 0.1) is 0 Å². The lowest BCUT2D eigenvalue weighted by Crippen LogP contribution is -2.70. The Morgan fingerprint density at radius 2 is 1.22 bits per heavy atom. The molecule has 1 fully saturated rings. The highest BCUT2D eigenvalue weighted by Crippen LogP contribution is 2.37. The Bertz CT molecular complexity index is 902. The number of hydrogen-bond acceptors (Lipinski definition) is 3. The van der Waals surface area contributed by atoms with Crippen LogP contribution in [0.4, 0.5) is 0 Å². The Labute approximate surface area is 158 Å². The first kappa shape index (κ1) is 17.2. The summed E-state index contributed by atoms with van der Waals surface area (Å²) in [5.41, 5.74) is 2.57. The summed E-state index contributed by atoms with van der Waals surface area (Å²) in [6.07, 6.45) is 0. The van der Waals surface area contributed by atoms with Gasteiger partial charge >= 0.3 is 0 Å². The summed E-state index contributed by atoms with van der Waals surface area (Å²) in [5.74, 6) is -0.476. The molecule has 4 rings (SSSR count). The molecule has 1 atom stereocenters. The first-order valence-electron chi connectivity index (χ1n) is 9.00. The molecule has 0 aromatic heterocycles. The van der Waals surface area contributed by atoms with Crippen molar-refractivity contribution in [2.45, 2.75) is 19.0 Å². The van der Waals surface area contributed by atoms with Crippen LogP contribution in [0.5, 0.6) is 0 Å². The van der Waals surface area contributed by atoms with Crippen molar-refractivity contribution in [3.8, 4) is 0 Å². The summed E-state index contributed by atoms with van der Waals surface area (Å²) >= 11 is 0. The SMILES string of the molecule is CC1C(=O)N(C(=O)c2ccccc2)N1C(c1ccccc1)c1ccccc1. The van der Waals surface area contributed by atoms with Gasteiger partial charge in [0.2, 0.25) is 0 Å². The van der Waals surface area contributed by atoms with Crippen LogP contribution in [-0.4, -0.2) is 27.9 Å². The van der Waals surface area contributed by atoms with Gasteiger partial charge in [-0.3, -0.25) is 9.59 Å². The Hall–Kier alpha value is -3.24. The van der Waals surface area contributed by atoms with Gasteiger partial charge in [-0.25, -0.2) is 5.01 Å². The molecule has 3 aromatic carbocycles. The number of rotatable bonds is 4. The van der Waals surface area contributed by atoms with Crippen LogP contribution in [0.25, 0.3) is 0 Å². The number of carbonyl (C=O) groups excluding carboxylic acids is 2. The van der Waals surface area contributed by atoms with Gasteiger partial charge in [0.1, 0.15) is 6.04 Å². The zero-order chi connectivity index (χ0) is 18.8. The van der Waals surface area contributed by atoms with Crippen molar-refractivity contribution in [2.75, 3.05) is 0 Å². The average molecular weight is 356 g/mol. The van der Waals surface area contributed by atoms with Gasteiger partial charge in [0, 0.05) is 5.56 Å². The van der Waals surface area contributed by atoms with E-state index in [9.17, 15) is 9.59 Å². The summed E-state index contributed by atoms with van der Waals surface area (Å²) in [6, 6.07) is 28.3. The fourth-order valence-electron chi connectivity index (χ4n) is 3.54. The molecule has 1 saturated heterocycles. The Morgan fingerprint density at radius 1 is 0.778 bits per heavy atom. The van der Waals surface area contributed by atoms with Crippen LogP contribution < -0.4 is 0 Å². The maximum absolute atomic E-state index is 13.0. The predicted octanol–water partition coefficient (Wildman–Crippen LogP) is 4.06. The van der Waals surface area contributed by atoms with Crippen molar-refractivity contribution in [1.82, 2.24) is 10.0 Å². The van der Waals surface area contributed by atoms with Gasteiger partial charge in [0.05, 0.1) is 6.04 Å². The number of amides is 2. The topological polar surface area (TPSA) is 40.6 Å². The van der Waals surface area contributed by atoms with E-state index in [1.54, 1.807) is 24.3 Å². The largest absolute Gasteiger partial charge is 0.275 e. The van der Waals surface area contributed by atoms with Crippen LogP contribution in [0.15, 0.2) is 91.0 Å². The molecule has 0 radical (unpaired) electrons. The van der Waals surface area contributed by atoms with Crippen LogP contribution in [0.2, 0.25) is 0 Å². The van der Waals surface area contributed by atoms with E-state index in [1.165, 1.54) is 5.01 Å². The normalized spacial score (nSPS) is 17.0. The van der Waals surface area contributed by atoms with Crippen molar-refractivity contribution >= 4 is 11.8 Å². The molecule has 134 valence electrons. The fourth-order valence-corrected chi connectivity index (χ4v) is 3.54. The van der Waals surface area contributed by atoms with Crippen LogP contribution >= 0.6 is 0 Å². The lowest BCUT2D eigenvalue weighted by molar-refractivity contribution is -0.186. The van der Waals surface area contributed by atoms with E-state index >= 15 is 0 Å². The smallest absolute Gasteiger partial charge is 0.271 e. The maximum Gasteiger partial charge on any atom is 0.275 e. The highest BCUT2D eigenvalue weighted by molar-refractivity contribution is 6.08. The molecular formula is C23H20N2O2. The highest BCUT2D eigenvalue weighted by atomic mass is 16.2. The van der Waals surface area contributed by atoms with Gasteiger partial charge in [-0.05, 0) is 30.2 Å². The Kier molecular flexibility index (Phi) is 4.57. The maximum atomic E-state index is 13.0. The molecule has 0 saturated carbocycles. The number of nitrogens with zero attached hydrogens (tertiary/aromatic N) is 2. The number of hydrogen-bond donors (Lipinski definition) is 0. The van der Waals surface area contributed by atoms with Crippen molar-refractivity contribution < 1.29 is 9.59 Å². The molecular weight excluding hydrogens is 336 g/mol. The molecule has 27 heavy (non-hydrogen) atoms. The Morgan fingerprint density at radius 3 is 1.70 bits per heavy atom. The van der Waals surface area contributed by atoms with Crippen LogP contribution in [-0.2, 0) is 4.79 Å². The van der Waals surface area contributed by atoms with Gasteiger partial charge < -0.3 is 0 Å². The fraction of sp³-hybridized carbons (Fsp3) is 0.130. The zero-order valence-corrected chi connectivity index (χ0v) is 15.0. The summed E-state index contributed by atoms with van der Waals surface area (Å²) in [4.78, 5) is 25.6. The molecule has 0 spiro atoms. The number of imide groups is 1. The van der Waals surface area contributed by atoms with E-state index in [4.69, 9.17) is 0 Å². The minimum Gasteiger partial charge on any atom is -0.271 e. The van der Waals surface area contributed by atoms with Crippen molar-refractivity contribution in [3.05, 3.63) is 108 Å². The van der Waals surface area contributed by atoms with Gasteiger partial charge in [0.25, 0.3) is 11.8 Å².